The summed E-state index contributed by atoms with van der Waals surface area (Å²) in [4.78, 5) is 58.5. The molecule has 0 radical (unpaired) electrons. The van der Waals surface area contributed by atoms with E-state index in [1.54, 1.807) is 0 Å². The van der Waals surface area contributed by atoms with Crippen molar-refractivity contribution in [1.29, 1.82) is 0 Å². The zero-order chi connectivity index (χ0) is 73.7. The van der Waals surface area contributed by atoms with Crippen molar-refractivity contribution in [3.63, 3.8) is 0 Å². The van der Waals surface area contributed by atoms with Crippen molar-refractivity contribution in [2.24, 2.45) is 0 Å². The Kier molecular flexibility index (Phi) is 72.6. The highest BCUT2D eigenvalue weighted by molar-refractivity contribution is 7.47. The van der Waals surface area contributed by atoms with Crippen LogP contribution in [0, 0.1) is 0 Å². The van der Waals surface area contributed by atoms with E-state index in [-0.39, 0.29) is 19.3 Å². The minimum absolute atomic E-state index is 0.0848. The zero-order valence-corrected chi connectivity index (χ0v) is 65.3. The number of phosphoric ester groups is 2. The fourth-order valence-electron chi connectivity index (χ4n) is 10.6. The number of allylic oxidation sites excluding steroid dienone is 20. The van der Waals surface area contributed by atoms with Crippen molar-refractivity contribution < 1.29 is 75.8 Å². The van der Waals surface area contributed by atoms with E-state index in [1.807, 2.05) is 0 Å². The summed E-state index contributed by atoms with van der Waals surface area (Å²) < 4.78 is 61.0. The summed E-state index contributed by atoms with van der Waals surface area (Å²) in [6.45, 7) is 2.45. The lowest BCUT2D eigenvalue weighted by atomic mass is 10.0. The molecular formula is C83H144O16P2. The monoisotopic (exact) mass is 1460 g/mol. The lowest BCUT2D eigenvalue weighted by Gasteiger charge is -2.21. The van der Waals surface area contributed by atoms with E-state index in [9.17, 15) is 43.5 Å². The standard InChI is InChI=1S/C83H144O16P2/c1-4-7-10-13-16-19-22-24-26-28-30-31-32-33-34-35-36-37-38-39-40-41-42-43-44-45-47-49-50-52-55-57-60-63-66-69-81(86)93-72-78(84)73-95-100(89,90)96-74-79(85)75-97-101(91,92)98-77-80(99-83(88)71-68-65-62-59-54-21-18-15-12-9-6-3)76-94-82(87)70-67-64-61-58-56-53-51-48-46-29-27-25-23-20-17-14-11-8-5-2/h8,11,15-20,24-27,30-31,33-34,46,48,53,56,78-80,84-85H,4-7,9-10,12-14,21-23,28-29,32,35-45,47,49-52,54-55,57-77H2,1-3H3,(H,89,90)(H,91,92)/b11-8-,18-15-,19-16-,20-17-,26-24-,27-25-,31-30-,34-33-,48-46-,56-53-. The minimum atomic E-state index is -4.93. The largest absolute Gasteiger partial charge is 0.472 e. The highest BCUT2D eigenvalue weighted by Gasteiger charge is 2.29. The van der Waals surface area contributed by atoms with Gasteiger partial charge in [-0.15, -0.1) is 0 Å². The molecule has 5 atom stereocenters. The van der Waals surface area contributed by atoms with E-state index in [1.165, 1.54) is 141 Å². The minimum Gasteiger partial charge on any atom is -0.463 e. The number of rotatable bonds is 75. The van der Waals surface area contributed by atoms with Gasteiger partial charge in [0.25, 0.3) is 0 Å². The normalized spacial score (nSPS) is 14.6. The lowest BCUT2D eigenvalue weighted by Crippen LogP contribution is -2.30. The van der Waals surface area contributed by atoms with Gasteiger partial charge in [0.2, 0.25) is 0 Å². The van der Waals surface area contributed by atoms with Crippen molar-refractivity contribution in [1.82, 2.24) is 0 Å². The highest BCUT2D eigenvalue weighted by atomic mass is 31.2. The Hall–Kier alpha value is -4.05. The van der Waals surface area contributed by atoms with Crippen molar-refractivity contribution in [3.8, 4) is 0 Å². The molecule has 582 valence electrons. The van der Waals surface area contributed by atoms with Crippen LogP contribution in [0.3, 0.4) is 0 Å². The number of hydrogen-bond donors (Lipinski definition) is 4. The first-order valence-corrected chi connectivity index (χ1v) is 42.8. The fourth-order valence-corrected chi connectivity index (χ4v) is 12.1. The van der Waals surface area contributed by atoms with Gasteiger partial charge in [0.05, 0.1) is 26.4 Å². The van der Waals surface area contributed by atoms with Crippen LogP contribution < -0.4 is 0 Å². The van der Waals surface area contributed by atoms with Gasteiger partial charge < -0.3 is 34.2 Å². The molecule has 0 fully saturated rings. The van der Waals surface area contributed by atoms with Crippen LogP contribution in [-0.2, 0) is 55.8 Å². The Morgan fingerprint density at radius 2 is 0.535 bits per heavy atom. The number of aliphatic hydroxyl groups is 2. The number of unbranched alkanes of at least 4 members (excludes halogenated alkanes) is 32. The Morgan fingerprint density at radius 3 is 0.881 bits per heavy atom. The Balaban J connectivity index is 4.33. The molecule has 0 aliphatic carbocycles. The molecule has 0 rings (SSSR count). The highest BCUT2D eigenvalue weighted by Crippen LogP contribution is 2.45. The summed E-state index contributed by atoms with van der Waals surface area (Å²) in [7, 11) is -9.79. The van der Waals surface area contributed by atoms with Gasteiger partial charge in [-0.25, -0.2) is 9.13 Å². The van der Waals surface area contributed by atoms with Crippen molar-refractivity contribution in [2.75, 3.05) is 39.6 Å². The molecule has 0 saturated carbocycles. The molecule has 0 aromatic carbocycles. The predicted molar refractivity (Wildman–Crippen MR) is 417 cm³/mol. The number of hydrogen-bond acceptors (Lipinski definition) is 14. The first kappa shape index (κ1) is 97.0. The van der Waals surface area contributed by atoms with Crippen molar-refractivity contribution in [2.45, 2.75) is 347 Å². The molecular weight excluding hydrogens is 1310 g/mol. The average molecular weight is 1460 g/mol. The zero-order valence-electron chi connectivity index (χ0n) is 63.5. The number of carbonyl (C=O) groups excluding carboxylic acids is 3. The lowest BCUT2D eigenvalue weighted by molar-refractivity contribution is -0.161. The molecule has 18 heteroatoms. The molecule has 0 heterocycles. The maximum atomic E-state index is 12.9. The molecule has 16 nitrogen and oxygen atoms in total. The molecule has 101 heavy (non-hydrogen) atoms. The topological polar surface area (TPSA) is 231 Å². The SMILES string of the molecule is CC/C=C\C/C=C\C/C=C\C/C=C\C/C=C\CCCCCC(=O)OCC(COP(=O)(O)OCC(O)COP(=O)(O)OCC(O)COC(=O)CCCCCCCCCCCCCCCCCCCCC/C=C\C/C=C\C/C=C\C/C=C\CCCCC)OC(=O)CCCCCCC/C=C\CCCC. The fraction of sp³-hybridized carbons (Fsp3) is 0.723. The summed E-state index contributed by atoms with van der Waals surface area (Å²) in [6, 6.07) is 0. The number of esters is 3. The summed E-state index contributed by atoms with van der Waals surface area (Å²) in [5, 5.41) is 20.6. The van der Waals surface area contributed by atoms with Gasteiger partial charge in [-0.3, -0.25) is 32.5 Å². The van der Waals surface area contributed by atoms with Crippen LogP contribution in [0.4, 0.5) is 0 Å². The Morgan fingerprint density at radius 1 is 0.287 bits per heavy atom. The van der Waals surface area contributed by atoms with Crippen LogP contribution >= 0.6 is 15.6 Å². The van der Waals surface area contributed by atoms with Crippen LogP contribution in [0.15, 0.2) is 122 Å². The molecule has 0 bridgehead atoms. The van der Waals surface area contributed by atoms with Gasteiger partial charge >= 0.3 is 33.6 Å². The quantitative estimate of drug-likeness (QED) is 0.0146. The van der Waals surface area contributed by atoms with E-state index >= 15 is 0 Å². The average Bonchev–Trinajstić information content (AvgIpc) is 0.957. The summed E-state index contributed by atoms with van der Waals surface area (Å²) in [5.74, 6) is -1.62. The van der Waals surface area contributed by atoms with E-state index in [4.69, 9.17) is 32.3 Å². The Bertz CT molecular complexity index is 2320. The summed E-state index contributed by atoms with van der Waals surface area (Å²) in [5.41, 5.74) is 0. The number of aliphatic hydroxyl groups excluding tert-OH is 2. The molecule has 0 aliphatic rings. The first-order chi connectivity index (χ1) is 49.2. The van der Waals surface area contributed by atoms with Gasteiger partial charge in [0.15, 0.2) is 6.10 Å². The molecule has 0 saturated heterocycles. The molecule has 5 unspecified atom stereocenters. The van der Waals surface area contributed by atoms with Gasteiger partial charge in [-0.05, 0) is 128 Å². The molecule has 0 amide bonds. The Labute approximate surface area is 614 Å². The molecule has 0 spiro atoms. The number of phosphoric acid groups is 2. The van der Waals surface area contributed by atoms with Crippen LogP contribution in [0.2, 0.25) is 0 Å². The van der Waals surface area contributed by atoms with Crippen LogP contribution in [0.25, 0.3) is 0 Å². The smallest absolute Gasteiger partial charge is 0.463 e. The molecule has 4 N–H and O–H groups in total. The van der Waals surface area contributed by atoms with E-state index in [0.717, 1.165) is 128 Å². The van der Waals surface area contributed by atoms with Crippen LogP contribution in [-0.4, -0.2) is 95.9 Å². The second-order valence-corrected chi connectivity index (χ2v) is 29.4. The maximum absolute atomic E-state index is 12.9. The third-order valence-electron chi connectivity index (χ3n) is 16.6. The molecule has 0 aliphatic heterocycles. The molecule has 0 aromatic heterocycles. The summed E-state index contributed by atoms with van der Waals surface area (Å²) >= 11 is 0. The van der Waals surface area contributed by atoms with E-state index in [0.29, 0.717) is 19.3 Å². The third-order valence-corrected chi connectivity index (χ3v) is 18.5. The summed E-state index contributed by atoms with van der Waals surface area (Å²) in [6.07, 6.45) is 90.0. The van der Waals surface area contributed by atoms with Gasteiger partial charge in [0.1, 0.15) is 25.4 Å². The predicted octanol–water partition coefficient (Wildman–Crippen LogP) is 23.3. The number of carbonyl (C=O) groups is 3. The van der Waals surface area contributed by atoms with E-state index in [2.05, 4.69) is 142 Å². The number of ether oxygens (including phenoxy) is 3. The maximum Gasteiger partial charge on any atom is 0.472 e. The van der Waals surface area contributed by atoms with Gasteiger partial charge in [-0.1, -0.05) is 303 Å². The second kappa shape index (κ2) is 75.6. The molecule has 0 aromatic rings. The van der Waals surface area contributed by atoms with Crippen LogP contribution in [0.5, 0.6) is 0 Å². The van der Waals surface area contributed by atoms with Gasteiger partial charge in [-0.2, -0.15) is 0 Å². The van der Waals surface area contributed by atoms with E-state index < -0.39 is 91.5 Å². The van der Waals surface area contributed by atoms with Crippen molar-refractivity contribution in [3.05, 3.63) is 122 Å². The van der Waals surface area contributed by atoms with Crippen LogP contribution in [0.1, 0.15) is 329 Å². The van der Waals surface area contributed by atoms with Gasteiger partial charge in [0, 0.05) is 19.3 Å². The first-order valence-electron chi connectivity index (χ1n) is 39.8. The third kappa shape index (κ3) is 76.9. The van der Waals surface area contributed by atoms with Crippen molar-refractivity contribution >= 4 is 33.6 Å². The second-order valence-electron chi connectivity index (χ2n) is 26.5.